The van der Waals surface area contributed by atoms with E-state index >= 15 is 0 Å². The van der Waals surface area contributed by atoms with Gasteiger partial charge in [-0.1, -0.05) is 26.0 Å². The van der Waals surface area contributed by atoms with Crippen LogP contribution in [0.2, 0.25) is 0 Å². The largest absolute Gasteiger partial charge is 0.462 e. The number of aryl methyl sites for hydroxylation is 1. The van der Waals surface area contributed by atoms with Gasteiger partial charge in [0.2, 0.25) is 5.91 Å². The fraction of sp³-hybridized carbons (Fsp3) is 0.385. The van der Waals surface area contributed by atoms with Gasteiger partial charge in [0.1, 0.15) is 0 Å². The summed E-state index contributed by atoms with van der Waals surface area (Å²) < 4.78 is 10.2. The van der Waals surface area contributed by atoms with Crippen LogP contribution in [-0.4, -0.2) is 37.0 Å². The quantitative estimate of drug-likeness (QED) is 0.473. The lowest BCUT2D eigenvalue weighted by molar-refractivity contribution is -0.147. The minimum Gasteiger partial charge on any atom is -0.462 e. The van der Waals surface area contributed by atoms with Crippen molar-refractivity contribution in [1.82, 2.24) is 0 Å². The second-order valence-electron chi connectivity index (χ2n) is 8.43. The van der Waals surface area contributed by atoms with Crippen molar-refractivity contribution >= 4 is 35.1 Å². The van der Waals surface area contributed by atoms with Crippen LogP contribution in [-0.2, 0) is 23.9 Å². The number of benzene rings is 2. The van der Waals surface area contributed by atoms with Crippen LogP contribution in [0.25, 0.3) is 0 Å². The number of carbonyl (C=O) groups is 4. The number of carbonyl (C=O) groups excluding carboxylic acids is 4. The molecule has 2 aromatic rings. The predicted octanol–water partition coefficient (Wildman–Crippen LogP) is 4.41. The van der Waals surface area contributed by atoms with Crippen LogP contribution in [0, 0.1) is 19.8 Å². The molecule has 2 rings (SSSR count). The van der Waals surface area contributed by atoms with Crippen molar-refractivity contribution in [3.05, 3.63) is 59.2 Å². The second kappa shape index (κ2) is 13.1. The molecule has 0 spiro atoms. The highest BCUT2D eigenvalue weighted by atomic mass is 16.5. The van der Waals surface area contributed by atoms with Crippen molar-refractivity contribution in [1.29, 1.82) is 0 Å². The van der Waals surface area contributed by atoms with Crippen molar-refractivity contribution in [2.24, 2.45) is 5.92 Å². The van der Waals surface area contributed by atoms with E-state index in [0.717, 1.165) is 11.1 Å². The normalized spacial score (nSPS) is 10.5. The molecule has 0 fully saturated rings. The van der Waals surface area contributed by atoms with Gasteiger partial charge in [-0.05, 0) is 67.6 Å². The number of rotatable bonds is 11. The number of esters is 2. The zero-order valence-electron chi connectivity index (χ0n) is 20.1. The summed E-state index contributed by atoms with van der Waals surface area (Å²) in [7, 11) is 0. The summed E-state index contributed by atoms with van der Waals surface area (Å²) in [5.74, 6) is -1.40. The van der Waals surface area contributed by atoms with Crippen molar-refractivity contribution < 1.29 is 28.7 Å². The first-order chi connectivity index (χ1) is 16.2. The maximum absolute atomic E-state index is 12.1. The summed E-state index contributed by atoms with van der Waals surface area (Å²) in [5.41, 5.74) is 3.62. The van der Waals surface area contributed by atoms with Gasteiger partial charge >= 0.3 is 11.9 Å². The van der Waals surface area contributed by atoms with Gasteiger partial charge in [-0.3, -0.25) is 14.4 Å². The smallest absolute Gasteiger partial charge is 0.338 e. The van der Waals surface area contributed by atoms with Crippen LogP contribution in [0.15, 0.2) is 42.5 Å². The fourth-order valence-electron chi connectivity index (χ4n) is 2.92. The van der Waals surface area contributed by atoms with Gasteiger partial charge in [-0.2, -0.15) is 0 Å². The average Bonchev–Trinajstić information content (AvgIpc) is 2.79. The van der Waals surface area contributed by atoms with Gasteiger partial charge in [0.25, 0.3) is 5.91 Å². The van der Waals surface area contributed by atoms with Gasteiger partial charge in [-0.15, -0.1) is 0 Å². The molecule has 34 heavy (non-hydrogen) atoms. The van der Waals surface area contributed by atoms with Crippen molar-refractivity contribution in [3.63, 3.8) is 0 Å². The highest BCUT2D eigenvalue weighted by Gasteiger charge is 2.12. The molecular formula is C26H32N2O6. The van der Waals surface area contributed by atoms with Crippen LogP contribution in [0.1, 0.15) is 54.6 Å². The van der Waals surface area contributed by atoms with E-state index in [0.29, 0.717) is 23.5 Å². The average molecular weight is 469 g/mol. The maximum atomic E-state index is 12.1. The molecule has 0 aliphatic heterocycles. The lowest BCUT2D eigenvalue weighted by Crippen LogP contribution is -2.21. The number of hydrogen-bond donors (Lipinski definition) is 2. The Bertz CT molecular complexity index is 1010. The van der Waals surface area contributed by atoms with Gasteiger partial charge in [0.15, 0.2) is 6.61 Å². The molecule has 0 saturated heterocycles. The minimum atomic E-state index is -0.548. The van der Waals surface area contributed by atoms with Crippen LogP contribution < -0.4 is 10.6 Å². The highest BCUT2D eigenvalue weighted by Crippen LogP contribution is 2.18. The molecule has 182 valence electrons. The Hall–Kier alpha value is -3.68. The third-order valence-corrected chi connectivity index (χ3v) is 4.98. The van der Waals surface area contributed by atoms with E-state index in [2.05, 4.69) is 10.6 Å². The van der Waals surface area contributed by atoms with Crippen LogP contribution >= 0.6 is 0 Å². The Labute approximate surface area is 200 Å². The third kappa shape index (κ3) is 9.05. The number of amides is 2. The lowest BCUT2D eigenvalue weighted by atomic mass is 10.1. The number of nitrogens with one attached hydrogen (secondary N) is 2. The van der Waals surface area contributed by atoms with E-state index in [1.165, 1.54) is 0 Å². The summed E-state index contributed by atoms with van der Waals surface area (Å²) in [5, 5.41) is 5.43. The Morgan fingerprint density at radius 2 is 1.56 bits per heavy atom. The predicted molar refractivity (Wildman–Crippen MR) is 130 cm³/mol. The molecule has 0 aliphatic rings. The first-order valence-electron chi connectivity index (χ1n) is 11.2. The fourth-order valence-corrected chi connectivity index (χ4v) is 2.92. The van der Waals surface area contributed by atoms with E-state index in [1.807, 2.05) is 39.8 Å². The van der Waals surface area contributed by atoms with Crippen LogP contribution in [0.5, 0.6) is 0 Å². The highest BCUT2D eigenvalue weighted by molar-refractivity contribution is 5.94. The van der Waals surface area contributed by atoms with E-state index in [4.69, 9.17) is 9.47 Å². The molecule has 8 nitrogen and oxygen atoms in total. The Kier molecular flexibility index (Phi) is 10.3. The SMILES string of the molecule is Cc1cccc(NC(=O)COC(=O)CCCC(=O)Nc2ccc(C(=O)OCC(C)C)cc2)c1C. The molecule has 0 heterocycles. The number of anilines is 2. The molecule has 0 unspecified atom stereocenters. The Morgan fingerprint density at radius 1 is 0.853 bits per heavy atom. The third-order valence-electron chi connectivity index (χ3n) is 4.98. The molecule has 0 aromatic heterocycles. The second-order valence-corrected chi connectivity index (χ2v) is 8.43. The molecule has 2 N–H and O–H groups in total. The monoisotopic (exact) mass is 468 g/mol. The summed E-state index contributed by atoms with van der Waals surface area (Å²) in [4.78, 5) is 47.9. The summed E-state index contributed by atoms with van der Waals surface area (Å²) >= 11 is 0. The summed E-state index contributed by atoms with van der Waals surface area (Å²) in [6, 6.07) is 12.0. The van der Waals surface area contributed by atoms with E-state index < -0.39 is 17.8 Å². The van der Waals surface area contributed by atoms with Crippen molar-refractivity contribution in [2.75, 3.05) is 23.8 Å². The number of hydrogen-bond acceptors (Lipinski definition) is 6. The van der Waals surface area contributed by atoms with E-state index in [-0.39, 0.29) is 37.7 Å². The molecule has 2 aromatic carbocycles. The topological polar surface area (TPSA) is 111 Å². The molecule has 0 radical (unpaired) electrons. The molecule has 2 amide bonds. The van der Waals surface area contributed by atoms with Gasteiger partial charge < -0.3 is 20.1 Å². The molecule has 0 aliphatic carbocycles. The molecular weight excluding hydrogens is 436 g/mol. The summed E-state index contributed by atoms with van der Waals surface area (Å²) in [6.45, 7) is 7.71. The van der Waals surface area contributed by atoms with Gasteiger partial charge in [0, 0.05) is 24.2 Å². The Balaban J connectivity index is 1.66. The van der Waals surface area contributed by atoms with Crippen LogP contribution in [0.4, 0.5) is 11.4 Å². The number of ether oxygens (including phenoxy) is 2. The molecule has 0 atom stereocenters. The molecule has 0 saturated carbocycles. The molecule has 0 bridgehead atoms. The van der Waals surface area contributed by atoms with Gasteiger partial charge in [0.05, 0.1) is 12.2 Å². The van der Waals surface area contributed by atoms with E-state index in [1.54, 1.807) is 30.3 Å². The van der Waals surface area contributed by atoms with E-state index in [9.17, 15) is 19.2 Å². The molecule has 8 heteroatoms. The maximum Gasteiger partial charge on any atom is 0.338 e. The summed E-state index contributed by atoms with van der Waals surface area (Å²) in [6.07, 6.45) is 0.412. The first-order valence-corrected chi connectivity index (χ1v) is 11.2. The zero-order valence-corrected chi connectivity index (χ0v) is 20.1. The van der Waals surface area contributed by atoms with Crippen molar-refractivity contribution in [3.8, 4) is 0 Å². The standard InChI is InChI=1S/C26H32N2O6/c1-17(2)15-34-26(32)20-11-13-21(14-12-20)27-23(29)9-6-10-25(31)33-16-24(30)28-22-8-5-7-18(3)19(22)4/h5,7-8,11-14,17H,6,9-10,15-16H2,1-4H3,(H,27,29)(H,28,30). The van der Waals surface area contributed by atoms with Crippen LogP contribution in [0.3, 0.4) is 0 Å². The first kappa shape index (κ1) is 26.6. The van der Waals surface area contributed by atoms with Crippen molar-refractivity contribution in [2.45, 2.75) is 47.0 Å². The Morgan fingerprint density at radius 3 is 2.24 bits per heavy atom. The van der Waals surface area contributed by atoms with Gasteiger partial charge in [-0.25, -0.2) is 4.79 Å². The minimum absolute atomic E-state index is 0.0187. The zero-order chi connectivity index (χ0) is 25.1. The lowest BCUT2D eigenvalue weighted by Gasteiger charge is -2.10.